The van der Waals surface area contributed by atoms with Gasteiger partial charge in [0, 0.05) is 37.3 Å². The smallest absolute Gasteiger partial charge is 0.262 e. The highest BCUT2D eigenvalue weighted by atomic mass is 32.1. The number of imidazole rings is 1. The summed E-state index contributed by atoms with van der Waals surface area (Å²) in [5.74, 6) is 1.25. The number of rotatable bonds is 7. The van der Waals surface area contributed by atoms with Crippen molar-refractivity contribution in [2.24, 2.45) is 7.05 Å². The molecule has 34 heavy (non-hydrogen) atoms. The number of methoxy groups -OCH3 is 1. The fraction of sp³-hybridized carbons (Fsp3) is 0.360. The van der Waals surface area contributed by atoms with Gasteiger partial charge in [0.05, 0.1) is 18.8 Å². The van der Waals surface area contributed by atoms with Crippen LogP contribution in [0.25, 0.3) is 10.2 Å². The number of hydrogen-bond donors (Lipinski definition) is 1. The molecule has 0 saturated heterocycles. The maximum absolute atomic E-state index is 13.2. The molecule has 0 aliphatic heterocycles. The Morgan fingerprint density at radius 2 is 2.12 bits per heavy atom. The maximum Gasteiger partial charge on any atom is 0.262 e. The van der Waals surface area contributed by atoms with Gasteiger partial charge in [-0.25, -0.2) is 9.97 Å². The topological polar surface area (TPSA) is 91.0 Å². The Morgan fingerprint density at radius 1 is 1.26 bits per heavy atom. The number of aryl methyl sites for hydroxylation is 4. The van der Waals surface area contributed by atoms with Crippen molar-refractivity contribution in [2.75, 3.05) is 7.11 Å². The Balaban J connectivity index is 1.36. The van der Waals surface area contributed by atoms with E-state index in [9.17, 15) is 9.59 Å². The zero-order chi connectivity index (χ0) is 23.7. The Hall–Kier alpha value is -3.46. The molecular weight excluding hydrogens is 450 g/mol. The van der Waals surface area contributed by atoms with Crippen LogP contribution >= 0.6 is 11.3 Å². The molecule has 0 radical (unpaired) electrons. The number of fused-ring (bicyclic) bond motifs is 3. The lowest BCUT2D eigenvalue weighted by atomic mass is 9.97. The SMILES string of the molecule is COc1cccc(C(NC(=O)CCn2cnc3sc4c(c3c2=O)CCCC4)c2nccn2C)c1. The lowest BCUT2D eigenvalue weighted by Gasteiger charge is -2.20. The first-order chi connectivity index (χ1) is 16.5. The van der Waals surface area contributed by atoms with Crippen LogP contribution < -0.4 is 15.6 Å². The van der Waals surface area contributed by atoms with Gasteiger partial charge >= 0.3 is 0 Å². The summed E-state index contributed by atoms with van der Waals surface area (Å²) in [5.41, 5.74) is 1.98. The van der Waals surface area contributed by atoms with E-state index in [-0.39, 0.29) is 24.4 Å². The Morgan fingerprint density at radius 3 is 2.91 bits per heavy atom. The standard InChI is InChI=1S/C25H27N5O3S/c1-29-13-11-26-23(29)22(16-6-5-7-17(14-16)33-2)28-20(31)10-12-30-15-27-24-21(25(30)32)18-8-3-4-9-19(18)34-24/h5-7,11,13-15,22H,3-4,8-10,12H2,1-2H3,(H,28,31). The van der Waals surface area contributed by atoms with Crippen molar-refractivity contribution in [2.45, 2.75) is 44.7 Å². The van der Waals surface area contributed by atoms with Crippen molar-refractivity contribution in [3.63, 3.8) is 0 Å². The Bertz CT molecular complexity index is 1400. The molecule has 1 amide bonds. The zero-order valence-corrected chi connectivity index (χ0v) is 20.1. The predicted molar refractivity (Wildman–Crippen MR) is 131 cm³/mol. The van der Waals surface area contributed by atoms with Crippen LogP contribution in [0.1, 0.15) is 47.1 Å². The van der Waals surface area contributed by atoms with Gasteiger partial charge in [0.25, 0.3) is 5.56 Å². The fourth-order valence-corrected chi connectivity index (χ4v) is 5.79. The lowest BCUT2D eigenvalue weighted by Crippen LogP contribution is -2.32. The number of ether oxygens (including phenoxy) is 1. The summed E-state index contributed by atoms with van der Waals surface area (Å²) in [6.45, 7) is 0.267. The van der Waals surface area contributed by atoms with Gasteiger partial charge in [0.2, 0.25) is 5.91 Å². The van der Waals surface area contributed by atoms with E-state index in [2.05, 4.69) is 15.3 Å². The highest BCUT2D eigenvalue weighted by molar-refractivity contribution is 7.18. The molecule has 5 rings (SSSR count). The normalized spacial score (nSPS) is 14.1. The van der Waals surface area contributed by atoms with Gasteiger partial charge < -0.3 is 14.6 Å². The summed E-state index contributed by atoms with van der Waals surface area (Å²) < 4.78 is 8.80. The molecule has 1 unspecified atom stereocenters. The van der Waals surface area contributed by atoms with Crippen molar-refractivity contribution < 1.29 is 9.53 Å². The first-order valence-corrected chi connectivity index (χ1v) is 12.3. The van der Waals surface area contributed by atoms with Gasteiger partial charge in [-0.15, -0.1) is 11.3 Å². The number of carbonyl (C=O) groups is 1. The highest BCUT2D eigenvalue weighted by Crippen LogP contribution is 2.33. The van der Waals surface area contributed by atoms with Crippen molar-refractivity contribution in [1.29, 1.82) is 0 Å². The molecule has 1 aliphatic carbocycles. The zero-order valence-electron chi connectivity index (χ0n) is 19.3. The van der Waals surface area contributed by atoms with Crippen molar-refractivity contribution in [1.82, 2.24) is 24.4 Å². The molecule has 0 saturated carbocycles. The number of amides is 1. The molecule has 3 heterocycles. The van der Waals surface area contributed by atoms with Crippen molar-refractivity contribution in [3.05, 3.63) is 75.2 Å². The van der Waals surface area contributed by atoms with Crippen LogP contribution in [0.3, 0.4) is 0 Å². The van der Waals surface area contributed by atoms with Crippen LogP contribution in [0.5, 0.6) is 5.75 Å². The van der Waals surface area contributed by atoms with Gasteiger partial charge in [-0.05, 0) is 48.9 Å². The molecule has 176 valence electrons. The molecule has 9 heteroatoms. The number of hydrogen-bond acceptors (Lipinski definition) is 6. The van der Waals surface area contributed by atoms with E-state index in [1.165, 1.54) is 11.3 Å². The Labute approximate surface area is 201 Å². The second kappa shape index (κ2) is 9.42. The summed E-state index contributed by atoms with van der Waals surface area (Å²) in [7, 11) is 3.50. The van der Waals surface area contributed by atoms with Crippen LogP contribution in [0, 0.1) is 0 Å². The molecule has 1 atom stereocenters. The average Bonchev–Trinajstić information content (AvgIpc) is 3.45. The molecule has 1 aromatic carbocycles. The minimum atomic E-state index is -0.441. The van der Waals surface area contributed by atoms with Gasteiger partial charge in [0.15, 0.2) is 0 Å². The van der Waals surface area contributed by atoms with Crippen molar-refractivity contribution in [3.8, 4) is 5.75 Å². The molecule has 0 fully saturated rings. The van der Waals surface area contributed by atoms with Crippen LogP contribution in [-0.2, 0) is 31.2 Å². The van der Waals surface area contributed by atoms with Crippen LogP contribution in [0.15, 0.2) is 47.8 Å². The van der Waals surface area contributed by atoms with E-state index in [0.29, 0.717) is 11.6 Å². The summed E-state index contributed by atoms with van der Waals surface area (Å²) in [6.07, 6.45) is 9.50. The second-order valence-electron chi connectivity index (χ2n) is 8.56. The third kappa shape index (κ3) is 4.23. The molecule has 8 nitrogen and oxygen atoms in total. The molecule has 0 bridgehead atoms. The van der Waals surface area contributed by atoms with Crippen molar-refractivity contribution >= 4 is 27.5 Å². The minimum Gasteiger partial charge on any atom is -0.497 e. The third-order valence-corrected chi connectivity index (χ3v) is 7.57. The van der Waals surface area contributed by atoms with Gasteiger partial charge in [-0.1, -0.05) is 12.1 Å². The van der Waals surface area contributed by atoms with E-state index >= 15 is 0 Å². The minimum absolute atomic E-state index is 0.0503. The van der Waals surface area contributed by atoms with E-state index < -0.39 is 6.04 Å². The number of carbonyl (C=O) groups excluding carboxylic acids is 1. The van der Waals surface area contributed by atoms with E-state index in [4.69, 9.17) is 4.74 Å². The fourth-order valence-electron chi connectivity index (χ4n) is 4.57. The summed E-state index contributed by atoms with van der Waals surface area (Å²) in [5, 5.41) is 3.83. The predicted octanol–water partition coefficient (Wildman–Crippen LogP) is 3.37. The third-order valence-electron chi connectivity index (χ3n) is 6.37. The van der Waals surface area contributed by atoms with Crippen LogP contribution in [0.4, 0.5) is 0 Å². The monoisotopic (exact) mass is 477 g/mol. The molecule has 3 aromatic heterocycles. The number of nitrogens with one attached hydrogen (secondary N) is 1. The average molecular weight is 478 g/mol. The lowest BCUT2D eigenvalue weighted by molar-refractivity contribution is -0.121. The number of thiophene rings is 1. The number of aromatic nitrogens is 4. The first-order valence-electron chi connectivity index (χ1n) is 11.5. The summed E-state index contributed by atoms with van der Waals surface area (Å²) >= 11 is 1.63. The van der Waals surface area contributed by atoms with E-state index in [0.717, 1.165) is 40.6 Å². The van der Waals surface area contributed by atoms with E-state index in [1.807, 2.05) is 42.1 Å². The van der Waals surface area contributed by atoms with E-state index in [1.54, 1.807) is 35.5 Å². The molecule has 1 aliphatic rings. The molecule has 1 N–H and O–H groups in total. The van der Waals surface area contributed by atoms with Crippen LogP contribution in [-0.4, -0.2) is 32.1 Å². The largest absolute Gasteiger partial charge is 0.497 e. The molecular formula is C25H27N5O3S. The number of benzene rings is 1. The second-order valence-corrected chi connectivity index (χ2v) is 9.64. The number of nitrogens with zero attached hydrogens (tertiary/aromatic N) is 4. The Kier molecular flexibility index (Phi) is 6.19. The molecule has 0 spiro atoms. The summed E-state index contributed by atoms with van der Waals surface area (Å²) in [6, 6.07) is 7.13. The summed E-state index contributed by atoms with van der Waals surface area (Å²) in [4.78, 5) is 37.3. The quantitative estimate of drug-likeness (QED) is 0.441. The maximum atomic E-state index is 13.2. The van der Waals surface area contributed by atoms with Gasteiger partial charge in [0.1, 0.15) is 22.4 Å². The van der Waals surface area contributed by atoms with Gasteiger partial charge in [-0.3, -0.25) is 14.2 Å². The van der Waals surface area contributed by atoms with Gasteiger partial charge in [-0.2, -0.15) is 0 Å². The first kappa shape index (κ1) is 22.3. The highest BCUT2D eigenvalue weighted by Gasteiger charge is 2.23. The molecule has 4 aromatic rings. The van der Waals surface area contributed by atoms with Crippen LogP contribution in [0.2, 0.25) is 0 Å².